The lowest BCUT2D eigenvalue weighted by Crippen LogP contribution is -2.09. The Kier molecular flexibility index (Phi) is 4.65. The van der Waals surface area contributed by atoms with Gasteiger partial charge in [0.1, 0.15) is 5.82 Å². The highest BCUT2D eigenvalue weighted by Gasteiger charge is 2.15. The summed E-state index contributed by atoms with van der Waals surface area (Å²) in [4.78, 5) is 0.233. The molecule has 1 heterocycles. The molecule has 0 N–H and O–H groups in total. The molecule has 8 heteroatoms. The van der Waals surface area contributed by atoms with Gasteiger partial charge in [0.15, 0.2) is 15.0 Å². The Morgan fingerprint density at radius 2 is 1.95 bits per heavy atom. The van der Waals surface area contributed by atoms with Crippen molar-refractivity contribution in [2.75, 3.05) is 11.5 Å². The number of hydrogen-bond acceptors (Lipinski definition) is 6. The van der Waals surface area contributed by atoms with E-state index >= 15 is 0 Å². The van der Waals surface area contributed by atoms with E-state index < -0.39 is 9.84 Å². The van der Waals surface area contributed by atoms with Gasteiger partial charge in [-0.05, 0) is 31.2 Å². The fourth-order valence-corrected chi connectivity index (χ4v) is 4.22. The molecule has 0 saturated heterocycles. The number of benzene rings is 1. The van der Waals surface area contributed by atoms with E-state index in [2.05, 4.69) is 10.2 Å². The van der Waals surface area contributed by atoms with Crippen LogP contribution in [0.15, 0.2) is 34.3 Å². The zero-order chi connectivity index (χ0) is 15.5. The molecule has 0 aliphatic heterocycles. The molecule has 0 amide bonds. The monoisotopic (exact) mass is 322 g/mol. The SMILES string of the molecule is Cc1nnc(SCCS(=O)(=O)c2ccc(C#N)cc2)n1C. The second-order valence-electron chi connectivity index (χ2n) is 4.39. The molecular weight excluding hydrogens is 308 g/mol. The summed E-state index contributed by atoms with van der Waals surface area (Å²) in [6, 6.07) is 7.90. The molecule has 0 saturated carbocycles. The molecule has 0 unspecified atom stereocenters. The summed E-state index contributed by atoms with van der Waals surface area (Å²) in [5.74, 6) is 1.19. The van der Waals surface area contributed by atoms with Crippen LogP contribution in [0.4, 0.5) is 0 Å². The van der Waals surface area contributed by atoms with Crippen molar-refractivity contribution < 1.29 is 8.42 Å². The summed E-state index contributed by atoms with van der Waals surface area (Å²) >= 11 is 1.35. The van der Waals surface area contributed by atoms with Crippen LogP contribution < -0.4 is 0 Å². The van der Waals surface area contributed by atoms with Crippen LogP contribution in [0.5, 0.6) is 0 Å². The van der Waals surface area contributed by atoms with Gasteiger partial charge < -0.3 is 4.57 Å². The van der Waals surface area contributed by atoms with E-state index in [-0.39, 0.29) is 10.6 Å². The molecule has 0 aliphatic carbocycles. The minimum absolute atomic E-state index is 0.00940. The highest BCUT2D eigenvalue weighted by molar-refractivity contribution is 8.00. The molecule has 110 valence electrons. The van der Waals surface area contributed by atoms with Crippen molar-refractivity contribution in [1.82, 2.24) is 14.8 Å². The Bertz CT molecular complexity index is 773. The first-order valence-corrected chi connectivity index (χ1v) is 8.79. The van der Waals surface area contributed by atoms with E-state index in [0.717, 1.165) is 5.82 Å². The molecule has 0 radical (unpaired) electrons. The number of aromatic nitrogens is 3. The molecule has 1 aromatic carbocycles. The van der Waals surface area contributed by atoms with Crippen LogP contribution in [0.25, 0.3) is 0 Å². The Morgan fingerprint density at radius 3 is 2.48 bits per heavy atom. The molecule has 0 aliphatic rings. The quantitative estimate of drug-likeness (QED) is 0.776. The Labute approximate surface area is 127 Å². The topological polar surface area (TPSA) is 88.6 Å². The number of nitrogens with zero attached hydrogens (tertiary/aromatic N) is 4. The zero-order valence-corrected chi connectivity index (χ0v) is 13.3. The molecular formula is C13H14N4O2S2. The van der Waals surface area contributed by atoms with Crippen molar-refractivity contribution in [3.05, 3.63) is 35.7 Å². The first-order valence-electron chi connectivity index (χ1n) is 6.16. The third kappa shape index (κ3) is 3.62. The van der Waals surface area contributed by atoms with E-state index in [1.165, 1.54) is 36.0 Å². The molecule has 6 nitrogen and oxygen atoms in total. The van der Waals surface area contributed by atoms with Gasteiger partial charge in [0.2, 0.25) is 0 Å². The van der Waals surface area contributed by atoms with Crippen molar-refractivity contribution in [3.8, 4) is 6.07 Å². The lowest BCUT2D eigenvalue weighted by Gasteiger charge is -2.04. The van der Waals surface area contributed by atoms with Crippen LogP contribution in [-0.4, -0.2) is 34.7 Å². The van der Waals surface area contributed by atoms with Crippen molar-refractivity contribution in [2.24, 2.45) is 7.05 Å². The summed E-state index contributed by atoms with van der Waals surface area (Å²) < 4.78 is 26.2. The van der Waals surface area contributed by atoms with E-state index in [1.54, 1.807) is 0 Å². The number of rotatable bonds is 5. The van der Waals surface area contributed by atoms with Crippen LogP contribution in [-0.2, 0) is 16.9 Å². The fourth-order valence-electron chi connectivity index (χ4n) is 1.61. The fraction of sp³-hybridized carbons (Fsp3) is 0.308. The highest BCUT2D eigenvalue weighted by Crippen LogP contribution is 2.18. The van der Waals surface area contributed by atoms with Gasteiger partial charge in [0, 0.05) is 12.8 Å². The van der Waals surface area contributed by atoms with Gasteiger partial charge in [-0.1, -0.05) is 11.8 Å². The zero-order valence-electron chi connectivity index (χ0n) is 11.6. The second kappa shape index (κ2) is 6.28. The minimum atomic E-state index is -3.35. The van der Waals surface area contributed by atoms with E-state index in [9.17, 15) is 8.42 Å². The summed E-state index contributed by atoms with van der Waals surface area (Å²) in [7, 11) is -1.51. The lowest BCUT2D eigenvalue weighted by molar-refractivity contribution is 0.597. The van der Waals surface area contributed by atoms with E-state index in [0.29, 0.717) is 16.5 Å². The molecule has 0 atom stereocenters. The van der Waals surface area contributed by atoms with E-state index in [1.807, 2.05) is 24.6 Å². The van der Waals surface area contributed by atoms with Gasteiger partial charge in [0.05, 0.1) is 22.3 Å². The van der Waals surface area contributed by atoms with Gasteiger partial charge in [-0.15, -0.1) is 10.2 Å². The molecule has 2 aromatic rings. The second-order valence-corrected chi connectivity index (χ2v) is 7.56. The summed E-state index contributed by atoms with van der Waals surface area (Å²) in [6.45, 7) is 1.84. The maximum atomic E-state index is 12.2. The molecule has 1 aromatic heterocycles. The molecule has 0 spiro atoms. The summed E-state index contributed by atoms with van der Waals surface area (Å²) in [6.07, 6.45) is 0. The first kappa shape index (κ1) is 15.5. The normalized spacial score (nSPS) is 11.3. The van der Waals surface area contributed by atoms with Crippen molar-refractivity contribution >= 4 is 21.6 Å². The smallest absolute Gasteiger partial charge is 0.190 e. The van der Waals surface area contributed by atoms with Gasteiger partial charge in [-0.25, -0.2) is 8.42 Å². The maximum absolute atomic E-state index is 12.2. The molecule has 0 fully saturated rings. The third-order valence-corrected chi connectivity index (χ3v) is 5.99. The molecule has 21 heavy (non-hydrogen) atoms. The summed E-state index contributed by atoms with van der Waals surface area (Å²) in [5, 5.41) is 17.3. The highest BCUT2D eigenvalue weighted by atomic mass is 32.2. The Morgan fingerprint density at radius 1 is 1.29 bits per heavy atom. The van der Waals surface area contributed by atoms with Crippen molar-refractivity contribution in [3.63, 3.8) is 0 Å². The Balaban J connectivity index is 2.01. The third-order valence-electron chi connectivity index (χ3n) is 2.98. The number of sulfone groups is 1. The van der Waals surface area contributed by atoms with Gasteiger partial charge in [0.25, 0.3) is 0 Å². The predicted molar refractivity (Wildman–Crippen MR) is 79.7 cm³/mol. The van der Waals surface area contributed by atoms with Crippen LogP contribution >= 0.6 is 11.8 Å². The maximum Gasteiger partial charge on any atom is 0.190 e. The van der Waals surface area contributed by atoms with Crippen LogP contribution in [0.1, 0.15) is 11.4 Å². The minimum Gasteiger partial charge on any atom is -0.309 e. The van der Waals surface area contributed by atoms with Gasteiger partial charge in [-0.3, -0.25) is 0 Å². The number of aryl methyl sites for hydroxylation is 1. The van der Waals surface area contributed by atoms with Crippen LogP contribution in [0.2, 0.25) is 0 Å². The number of hydrogen-bond donors (Lipinski definition) is 0. The van der Waals surface area contributed by atoms with Crippen LogP contribution in [0.3, 0.4) is 0 Å². The standard InChI is InChI=1S/C13H14N4O2S2/c1-10-15-16-13(17(10)2)20-7-8-21(18,19)12-5-3-11(9-14)4-6-12/h3-6H,7-8H2,1-2H3. The first-order chi connectivity index (χ1) is 9.94. The van der Waals surface area contributed by atoms with E-state index in [4.69, 9.17) is 5.26 Å². The van der Waals surface area contributed by atoms with Crippen LogP contribution in [0, 0.1) is 18.3 Å². The number of nitriles is 1. The number of thioether (sulfide) groups is 1. The molecule has 2 rings (SSSR count). The predicted octanol–water partition coefficient (Wildman–Crippen LogP) is 1.56. The Hall–Kier alpha value is -1.85. The average molecular weight is 322 g/mol. The van der Waals surface area contributed by atoms with Gasteiger partial charge in [-0.2, -0.15) is 5.26 Å². The lowest BCUT2D eigenvalue weighted by atomic mass is 10.2. The van der Waals surface area contributed by atoms with Crippen molar-refractivity contribution in [2.45, 2.75) is 17.0 Å². The van der Waals surface area contributed by atoms with Gasteiger partial charge >= 0.3 is 0 Å². The average Bonchev–Trinajstić information content (AvgIpc) is 2.79. The van der Waals surface area contributed by atoms with Crippen molar-refractivity contribution in [1.29, 1.82) is 5.26 Å². The molecule has 0 bridgehead atoms. The largest absolute Gasteiger partial charge is 0.309 e. The summed E-state index contributed by atoms with van der Waals surface area (Å²) in [5.41, 5.74) is 0.442.